The number of ether oxygens (including phenoxy) is 1. The largest absolute Gasteiger partial charge is 0.465 e. The predicted molar refractivity (Wildman–Crippen MR) is 86.6 cm³/mol. The van der Waals surface area contributed by atoms with Crippen molar-refractivity contribution in [3.63, 3.8) is 0 Å². The highest BCUT2D eigenvalue weighted by molar-refractivity contribution is 9.10. The summed E-state index contributed by atoms with van der Waals surface area (Å²) in [4.78, 5) is 12.4. The minimum atomic E-state index is -0.668. The molecule has 2 aromatic carbocycles. The van der Waals surface area contributed by atoms with Gasteiger partial charge in [0.25, 0.3) is 0 Å². The highest BCUT2D eigenvalue weighted by atomic mass is 79.9. The molecule has 1 unspecified atom stereocenters. The first-order valence-electron chi connectivity index (χ1n) is 7.12. The monoisotopic (exact) mass is 344 g/mol. The Morgan fingerprint density at radius 2 is 1.52 bits per heavy atom. The second kappa shape index (κ2) is 5.30. The van der Waals surface area contributed by atoms with Crippen LogP contribution in [-0.2, 0) is 14.9 Å². The summed E-state index contributed by atoms with van der Waals surface area (Å²) in [6.07, 6.45) is 0.715. The molecule has 0 spiro atoms. The molecule has 0 aromatic heterocycles. The summed E-state index contributed by atoms with van der Waals surface area (Å²) >= 11 is 3.68. The number of carbonyl (C=O) groups is 1. The van der Waals surface area contributed by atoms with E-state index in [0.29, 0.717) is 13.0 Å². The molecule has 1 saturated carbocycles. The Morgan fingerprint density at radius 3 is 1.95 bits per heavy atom. The van der Waals surface area contributed by atoms with Crippen LogP contribution in [0.2, 0.25) is 0 Å². The molecular formula is C18H17BrO2. The Kier molecular flexibility index (Phi) is 3.62. The molecule has 2 aromatic rings. The topological polar surface area (TPSA) is 26.3 Å². The van der Waals surface area contributed by atoms with Gasteiger partial charge >= 0.3 is 5.97 Å². The van der Waals surface area contributed by atoms with Gasteiger partial charge in [0, 0.05) is 5.41 Å². The van der Waals surface area contributed by atoms with Crippen molar-refractivity contribution in [2.45, 2.75) is 23.1 Å². The summed E-state index contributed by atoms with van der Waals surface area (Å²) in [6, 6.07) is 20.3. The minimum Gasteiger partial charge on any atom is -0.465 e. The molecule has 1 aliphatic carbocycles. The standard InChI is InChI=1S/C18H17BrO2/c1-2-21-16(20)18(19)13-17(18,14-9-5-3-6-10-14)15-11-7-4-8-12-15/h3-12H,2,13H2,1H3. The number of hydrogen-bond acceptors (Lipinski definition) is 2. The number of esters is 1. The molecule has 21 heavy (non-hydrogen) atoms. The molecule has 1 fully saturated rings. The number of hydrogen-bond donors (Lipinski definition) is 0. The third-order valence-corrected chi connectivity index (χ3v) is 5.47. The molecule has 0 heterocycles. The van der Waals surface area contributed by atoms with Crippen LogP contribution in [0.4, 0.5) is 0 Å². The molecule has 1 aliphatic rings. The first kappa shape index (κ1) is 14.3. The van der Waals surface area contributed by atoms with Gasteiger partial charge in [-0.3, -0.25) is 4.79 Å². The van der Waals surface area contributed by atoms with E-state index in [1.807, 2.05) is 43.3 Å². The average molecular weight is 345 g/mol. The first-order valence-corrected chi connectivity index (χ1v) is 7.91. The molecule has 0 bridgehead atoms. The van der Waals surface area contributed by atoms with Gasteiger partial charge in [0.2, 0.25) is 0 Å². The Balaban J connectivity index is 2.10. The third kappa shape index (κ3) is 2.11. The molecule has 108 valence electrons. The maximum absolute atomic E-state index is 12.4. The maximum Gasteiger partial charge on any atom is 0.324 e. The van der Waals surface area contributed by atoms with Crippen LogP contribution in [0.5, 0.6) is 0 Å². The van der Waals surface area contributed by atoms with Crippen molar-refractivity contribution in [3.05, 3.63) is 71.8 Å². The zero-order chi connectivity index (χ0) is 14.9. The maximum atomic E-state index is 12.4. The first-order chi connectivity index (χ1) is 10.1. The van der Waals surface area contributed by atoms with Gasteiger partial charge < -0.3 is 4.74 Å². The van der Waals surface area contributed by atoms with Crippen molar-refractivity contribution in [2.75, 3.05) is 6.61 Å². The summed E-state index contributed by atoms with van der Waals surface area (Å²) < 4.78 is 4.61. The molecular weight excluding hydrogens is 328 g/mol. The lowest BCUT2D eigenvalue weighted by molar-refractivity contribution is -0.143. The summed E-state index contributed by atoms with van der Waals surface area (Å²) in [5.41, 5.74) is 1.93. The lowest BCUT2D eigenvalue weighted by Gasteiger charge is -2.22. The summed E-state index contributed by atoms with van der Waals surface area (Å²) in [7, 11) is 0. The number of carbonyl (C=O) groups excluding carboxylic acids is 1. The molecule has 0 aliphatic heterocycles. The Hall–Kier alpha value is -1.61. The summed E-state index contributed by atoms with van der Waals surface area (Å²) in [5.74, 6) is -0.183. The van der Waals surface area contributed by atoms with Gasteiger partial charge in [0.05, 0.1) is 6.61 Å². The van der Waals surface area contributed by atoms with E-state index in [0.717, 1.165) is 11.1 Å². The van der Waals surface area contributed by atoms with Crippen molar-refractivity contribution in [1.29, 1.82) is 0 Å². The van der Waals surface area contributed by atoms with Crippen LogP contribution in [0, 0.1) is 0 Å². The van der Waals surface area contributed by atoms with Crippen molar-refractivity contribution >= 4 is 21.9 Å². The van der Waals surface area contributed by atoms with E-state index in [1.165, 1.54) is 0 Å². The Morgan fingerprint density at radius 1 is 1.05 bits per heavy atom. The molecule has 3 rings (SSSR count). The van der Waals surface area contributed by atoms with Crippen molar-refractivity contribution in [3.8, 4) is 0 Å². The van der Waals surface area contributed by atoms with Gasteiger partial charge in [-0.05, 0) is 24.5 Å². The minimum absolute atomic E-state index is 0.183. The summed E-state index contributed by atoms with van der Waals surface area (Å²) in [6.45, 7) is 2.23. The third-order valence-electron chi connectivity index (χ3n) is 4.19. The zero-order valence-corrected chi connectivity index (χ0v) is 13.5. The number of benzene rings is 2. The van der Waals surface area contributed by atoms with Gasteiger partial charge in [0.15, 0.2) is 0 Å². The smallest absolute Gasteiger partial charge is 0.324 e. The van der Waals surface area contributed by atoms with E-state index >= 15 is 0 Å². The van der Waals surface area contributed by atoms with Gasteiger partial charge in [-0.15, -0.1) is 0 Å². The lowest BCUT2D eigenvalue weighted by atomic mass is 9.85. The molecule has 0 saturated heterocycles. The summed E-state index contributed by atoms with van der Waals surface area (Å²) in [5, 5.41) is 0. The van der Waals surface area contributed by atoms with E-state index in [2.05, 4.69) is 40.2 Å². The fourth-order valence-corrected chi connectivity index (χ4v) is 4.08. The molecule has 1 atom stereocenters. The van der Waals surface area contributed by atoms with Crippen LogP contribution in [0.15, 0.2) is 60.7 Å². The van der Waals surface area contributed by atoms with Crippen LogP contribution in [0.25, 0.3) is 0 Å². The fourth-order valence-electron chi connectivity index (χ4n) is 3.09. The van der Waals surface area contributed by atoms with E-state index in [-0.39, 0.29) is 11.4 Å². The van der Waals surface area contributed by atoms with Gasteiger partial charge in [0.1, 0.15) is 4.32 Å². The number of halogens is 1. The van der Waals surface area contributed by atoms with Gasteiger partial charge in [-0.2, -0.15) is 0 Å². The SMILES string of the molecule is CCOC(=O)C1(Br)CC1(c1ccccc1)c1ccccc1. The van der Waals surface area contributed by atoms with E-state index in [4.69, 9.17) is 4.74 Å². The van der Waals surface area contributed by atoms with Gasteiger partial charge in [-0.25, -0.2) is 0 Å². The second-order valence-corrected chi connectivity index (χ2v) is 6.69. The van der Waals surface area contributed by atoms with Crippen molar-refractivity contribution in [1.82, 2.24) is 0 Å². The number of alkyl halides is 1. The van der Waals surface area contributed by atoms with Crippen LogP contribution >= 0.6 is 15.9 Å². The normalized spacial score (nSPS) is 22.6. The van der Waals surface area contributed by atoms with Crippen LogP contribution in [0.1, 0.15) is 24.5 Å². The quantitative estimate of drug-likeness (QED) is 0.617. The number of rotatable bonds is 4. The second-order valence-electron chi connectivity index (χ2n) is 5.34. The van der Waals surface area contributed by atoms with Crippen LogP contribution < -0.4 is 0 Å². The molecule has 0 N–H and O–H groups in total. The Bertz CT molecular complexity index is 599. The van der Waals surface area contributed by atoms with E-state index in [1.54, 1.807) is 0 Å². The zero-order valence-electron chi connectivity index (χ0n) is 11.9. The van der Waals surface area contributed by atoms with Crippen molar-refractivity contribution in [2.24, 2.45) is 0 Å². The average Bonchev–Trinajstić information content (AvgIpc) is 3.18. The molecule has 0 radical (unpaired) electrons. The van der Waals surface area contributed by atoms with Gasteiger partial charge in [-0.1, -0.05) is 76.6 Å². The van der Waals surface area contributed by atoms with Crippen LogP contribution in [-0.4, -0.2) is 16.9 Å². The van der Waals surface area contributed by atoms with E-state index in [9.17, 15) is 4.79 Å². The van der Waals surface area contributed by atoms with E-state index < -0.39 is 4.32 Å². The molecule has 2 nitrogen and oxygen atoms in total. The predicted octanol–water partition coefficient (Wildman–Crippen LogP) is 4.07. The van der Waals surface area contributed by atoms with Crippen LogP contribution in [0.3, 0.4) is 0 Å². The highest BCUT2D eigenvalue weighted by Gasteiger charge is 2.73. The lowest BCUT2D eigenvalue weighted by Crippen LogP contribution is -2.30. The Labute approximate surface area is 133 Å². The van der Waals surface area contributed by atoms with Crippen molar-refractivity contribution < 1.29 is 9.53 Å². The fraction of sp³-hybridized carbons (Fsp3) is 0.278. The highest BCUT2D eigenvalue weighted by Crippen LogP contribution is 2.67. The molecule has 0 amide bonds. The molecule has 3 heteroatoms.